The number of fused-ring (bicyclic) bond motifs is 1. The number of esters is 1. The number of carbonyl (C=O) groups is 2. The highest BCUT2D eigenvalue weighted by Crippen LogP contribution is 2.44. The van der Waals surface area contributed by atoms with E-state index in [1.54, 1.807) is 0 Å². The van der Waals surface area contributed by atoms with Crippen LogP contribution in [-0.2, 0) is 20.9 Å². The van der Waals surface area contributed by atoms with Gasteiger partial charge in [0.05, 0.1) is 23.7 Å². The molecule has 6 nitrogen and oxygen atoms in total. The fourth-order valence-corrected chi connectivity index (χ4v) is 4.77. The summed E-state index contributed by atoms with van der Waals surface area (Å²) < 4.78 is 5.69. The molecule has 0 fully saturated rings. The number of rotatable bonds is 7. The predicted molar refractivity (Wildman–Crippen MR) is 126 cm³/mol. The van der Waals surface area contributed by atoms with Gasteiger partial charge in [0.1, 0.15) is 6.61 Å². The normalized spacial score (nSPS) is 17.4. The van der Waals surface area contributed by atoms with Gasteiger partial charge in [0.2, 0.25) is 5.91 Å². The molecule has 32 heavy (non-hydrogen) atoms. The summed E-state index contributed by atoms with van der Waals surface area (Å²) in [6.45, 7) is 4.48. The third-order valence-corrected chi connectivity index (χ3v) is 6.15. The summed E-state index contributed by atoms with van der Waals surface area (Å²) in [4.78, 5) is 32.3. The molecule has 0 radical (unpaired) electrons. The molecule has 1 N–H and O–H groups in total. The number of hydrogen-bond acceptors (Lipinski definition) is 6. The van der Waals surface area contributed by atoms with E-state index in [-0.39, 0.29) is 18.9 Å². The van der Waals surface area contributed by atoms with Gasteiger partial charge in [-0.3, -0.25) is 4.79 Å². The Labute approximate surface area is 192 Å². The smallest absolute Gasteiger partial charge is 0.338 e. The highest BCUT2D eigenvalue weighted by atomic mass is 32.2. The van der Waals surface area contributed by atoms with Gasteiger partial charge in [-0.2, -0.15) is 0 Å². The number of allylic oxidation sites excluding steroid dienone is 1. The Balaban J connectivity index is 1.66. The molecule has 0 saturated heterocycles. The molecule has 2 aliphatic heterocycles. The summed E-state index contributed by atoms with van der Waals surface area (Å²) in [7, 11) is 0. The van der Waals surface area contributed by atoms with Gasteiger partial charge >= 0.3 is 5.97 Å². The maximum absolute atomic E-state index is 13.3. The quantitative estimate of drug-likeness (QED) is 0.632. The molecule has 0 aromatic heterocycles. The molecular formula is C25H25N3O3S. The largest absolute Gasteiger partial charge is 0.457 e. The second-order valence-electron chi connectivity index (χ2n) is 7.50. The summed E-state index contributed by atoms with van der Waals surface area (Å²) in [5.41, 5.74) is 3.79. The van der Waals surface area contributed by atoms with Gasteiger partial charge < -0.3 is 15.0 Å². The first-order valence-corrected chi connectivity index (χ1v) is 11.4. The van der Waals surface area contributed by atoms with Gasteiger partial charge in [0.15, 0.2) is 5.17 Å². The Morgan fingerprint density at radius 1 is 1.09 bits per heavy atom. The Hall–Kier alpha value is -3.32. The van der Waals surface area contributed by atoms with E-state index in [0.29, 0.717) is 17.8 Å². The third kappa shape index (κ3) is 4.62. The molecule has 2 aliphatic rings. The molecule has 0 saturated carbocycles. The van der Waals surface area contributed by atoms with Crippen molar-refractivity contribution in [2.45, 2.75) is 32.9 Å². The minimum atomic E-state index is -0.414. The molecule has 164 valence electrons. The van der Waals surface area contributed by atoms with Gasteiger partial charge in [0.25, 0.3) is 0 Å². The zero-order valence-corrected chi connectivity index (χ0v) is 18.9. The molecule has 7 heteroatoms. The van der Waals surface area contributed by atoms with Crippen LogP contribution in [0.5, 0.6) is 0 Å². The number of nitrogens with one attached hydrogen (secondary N) is 1. The van der Waals surface area contributed by atoms with E-state index < -0.39 is 12.0 Å². The maximum Gasteiger partial charge on any atom is 0.338 e. The molecule has 2 heterocycles. The molecule has 0 bridgehead atoms. The zero-order valence-electron chi connectivity index (χ0n) is 18.1. The van der Waals surface area contributed by atoms with Crippen molar-refractivity contribution in [3.05, 3.63) is 94.2 Å². The van der Waals surface area contributed by atoms with Crippen LogP contribution >= 0.6 is 11.8 Å². The first-order chi connectivity index (χ1) is 15.6. The fourth-order valence-electron chi connectivity index (χ4n) is 3.81. The van der Waals surface area contributed by atoms with Crippen molar-refractivity contribution in [1.29, 1.82) is 0 Å². The second kappa shape index (κ2) is 9.87. The van der Waals surface area contributed by atoms with Gasteiger partial charge in [-0.05, 0) is 30.4 Å². The lowest BCUT2D eigenvalue weighted by Crippen LogP contribution is -2.38. The van der Waals surface area contributed by atoms with Gasteiger partial charge in [0, 0.05) is 12.2 Å². The molecule has 1 atom stereocenters. The number of hydrogen-bond donors (Lipinski definition) is 1. The van der Waals surface area contributed by atoms with Crippen LogP contribution in [-0.4, -0.2) is 28.5 Å². The van der Waals surface area contributed by atoms with Crippen molar-refractivity contribution in [3.63, 3.8) is 0 Å². The van der Waals surface area contributed by atoms with Crippen LogP contribution in [0, 0.1) is 0 Å². The Morgan fingerprint density at radius 2 is 1.78 bits per heavy atom. The number of nitrogens with zero attached hydrogens (tertiary/aromatic N) is 2. The number of amidine groups is 1. The first kappa shape index (κ1) is 21.9. The molecule has 2 aromatic rings. The minimum absolute atomic E-state index is 0.0631. The molecule has 2 aromatic carbocycles. The van der Waals surface area contributed by atoms with Gasteiger partial charge in [-0.1, -0.05) is 72.4 Å². The predicted octanol–water partition coefficient (Wildman–Crippen LogP) is 4.53. The number of thioether (sulfide) groups is 1. The lowest BCUT2D eigenvalue weighted by molar-refractivity contribution is -0.141. The van der Waals surface area contributed by atoms with Crippen molar-refractivity contribution >= 4 is 28.8 Å². The lowest BCUT2D eigenvalue weighted by Gasteiger charge is -2.36. The molecule has 0 aliphatic carbocycles. The molecule has 4 rings (SSSR count). The second-order valence-corrected chi connectivity index (χ2v) is 8.33. The Morgan fingerprint density at radius 3 is 2.47 bits per heavy atom. The number of ether oxygens (including phenoxy) is 1. The SMILES string of the molecule is CCNC(=O)CC1=CSC2=NC(C)=C(C(=O)OCc3ccccc3)C(c3ccccc3)N12. The van der Waals surface area contributed by atoms with Crippen molar-refractivity contribution in [1.82, 2.24) is 10.2 Å². The topological polar surface area (TPSA) is 71.0 Å². The Kier molecular flexibility index (Phi) is 6.75. The molecular weight excluding hydrogens is 422 g/mol. The van der Waals surface area contributed by atoms with Crippen LogP contribution in [0.3, 0.4) is 0 Å². The summed E-state index contributed by atoms with van der Waals surface area (Å²) in [6.07, 6.45) is 0.217. The summed E-state index contributed by atoms with van der Waals surface area (Å²) in [5, 5.41) is 5.54. The van der Waals surface area contributed by atoms with Crippen molar-refractivity contribution in [3.8, 4) is 0 Å². The molecule has 1 unspecified atom stereocenters. The van der Waals surface area contributed by atoms with E-state index in [1.807, 2.05) is 84.8 Å². The summed E-state index contributed by atoms with van der Waals surface area (Å²) in [6, 6.07) is 19.0. The minimum Gasteiger partial charge on any atom is -0.457 e. The van der Waals surface area contributed by atoms with Gasteiger partial charge in [-0.15, -0.1) is 0 Å². The van der Waals surface area contributed by atoms with Crippen LogP contribution in [0.4, 0.5) is 0 Å². The summed E-state index contributed by atoms with van der Waals surface area (Å²) >= 11 is 1.47. The fraction of sp³-hybridized carbons (Fsp3) is 0.240. The number of amides is 1. The van der Waals surface area contributed by atoms with Crippen LogP contribution in [0.15, 0.2) is 88.0 Å². The Bertz CT molecular complexity index is 1090. The first-order valence-electron chi connectivity index (χ1n) is 10.6. The van der Waals surface area contributed by atoms with E-state index in [0.717, 1.165) is 22.0 Å². The molecule has 0 spiro atoms. The van der Waals surface area contributed by atoms with E-state index >= 15 is 0 Å². The molecule has 1 amide bonds. The standard InChI is InChI=1S/C25H25N3O3S/c1-3-26-21(29)14-20-16-32-25-27-17(2)22(23(28(20)25)19-12-8-5-9-13-19)24(30)31-15-18-10-6-4-7-11-18/h4-13,16,23H,3,14-15H2,1-2H3,(H,26,29). The van der Waals surface area contributed by atoms with Crippen LogP contribution in [0.1, 0.15) is 37.4 Å². The number of benzene rings is 2. The van der Waals surface area contributed by atoms with E-state index in [4.69, 9.17) is 4.74 Å². The highest BCUT2D eigenvalue weighted by molar-refractivity contribution is 8.16. The van der Waals surface area contributed by atoms with Gasteiger partial charge in [-0.25, -0.2) is 9.79 Å². The van der Waals surface area contributed by atoms with E-state index in [9.17, 15) is 9.59 Å². The zero-order chi connectivity index (χ0) is 22.5. The van der Waals surface area contributed by atoms with E-state index in [2.05, 4.69) is 10.3 Å². The maximum atomic E-state index is 13.3. The van der Waals surface area contributed by atoms with Crippen molar-refractivity contribution in [2.24, 2.45) is 4.99 Å². The third-order valence-electron chi connectivity index (χ3n) is 5.26. The number of carbonyl (C=O) groups excluding carboxylic acids is 2. The average molecular weight is 448 g/mol. The van der Waals surface area contributed by atoms with Crippen molar-refractivity contribution < 1.29 is 14.3 Å². The van der Waals surface area contributed by atoms with E-state index in [1.165, 1.54) is 11.8 Å². The van der Waals surface area contributed by atoms with Crippen molar-refractivity contribution in [2.75, 3.05) is 6.54 Å². The highest BCUT2D eigenvalue weighted by Gasteiger charge is 2.41. The lowest BCUT2D eigenvalue weighted by atomic mass is 9.94. The average Bonchev–Trinajstić information content (AvgIpc) is 3.19. The van der Waals surface area contributed by atoms with Crippen LogP contribution < -0.4 is 5.32 Å². The summed E-state index contributed by atoms with van der Waals surface area (Å²) in [5.74, 6) is -0.468. The van der Waals surface area contributed by atoms with Crippen LogP contribution in [0.25, 0.3) is 0 Å². The van der Waals surface area contributed by atoms with Crippen LogP contribution in [0.2, 0.25) is 0 Å². The monoisotopic (exact) mass is 447 g/mol. The number of aliphatic imine (C=N–C) groups is 1.